The molecule has 0 aliphatic rings. The van der Waals surface area contributed by atoms with E-state index in [4.69, 9.17) is 4.42 Å². The second-order valence-corrected chi connectivity index (χ2v) is 8.71. The van der Waals surface area contributed by atoms with Crippen LogP contribution >= 0.6 is 0 Å². The molecule has 1 heterocycles. The Morgan fingerprint density at radius 1 is 0.946 bits per heavy atom. The third kappa shape index (κ3) is 7.27. The molecule has 9 heteroatoms. The van der Waals surface area contributed by atoms with Gasteiger partial charge >= 0.3 is 6.18 Å². The monoisotopic (exact) mass is 511 g/mol. The lowest BCUT2D eigenvalue weighted by Gasteiger charge is -2.22. The van der Waals surface area contributed by atoms with Crippen molar-refractivity contribution in [2.24, 2.45) is 0 Å². The number of amides is 1. The molecule has 5 nitrogen and oxygen atoms in total. The van der Waals surface area contributed by atoms with Crippen molar-refractivity contribution in [2.45, 2.75) is 39.3 Å². The normalized spacial score (nSPS) is 11.6. The Balaban J connectivity index is 1.48. The largest absolute Gasteiger partial charge is 0.447 e. The summed E-state index contributed by atoms with van der Waals surface area (Å²) in [5.74, 6) is -0.563. The summed E-state index contributed by atoms with van der Waals surface area (Å²) in [6.07, 6.45) is -3.19. The highest BCUT2D eigenvalue weighted by Gasteiger charge is 2.30. The number of hydrogen-bond acceptors (Lipinski definition) is 4. The average molecular weight is 512 g/mol. The van der Waals surface area contributed by atoms with E-state index in [2.05, 4.69) is 10.3 Å². The maximum atomic E-state index is 13.2. The van der Waals surface area contributed by atoms with Crippen molar-refractivity contribution in [1.29, 1.82) is 0 Å². The minimum atomic E-state index is -4.43. The third-order valence-electron chi connectivity index (χ3n) is 5.83. The topological polar surface area (TPSA) is 58.4 Å². The fraction of sp³-hybridized carbons (Fsp3) is 0.214. The lowest BCUT2D eigenvalue weighted by atomic mass is 10.1. The first-order valence-corrected chi connectivity index (χ1v) is 11.6. The van der Waals surface area contributed by atoms with Gasteiger partial charge in [-0.05, 0) is 47.4 Å². The van der Waals surface area contributed by atoms with E-state index in [9.17, 15) is 22.4 Å². The molecule has 0 aliphatic carbocycles. The van der Waals surface area contributed by atoms with Crippen LogP contribution in [0.2, 0.25) is 0 Å². The average Bonchev–Trinajstić information content (AvgIpc) is 3.33. The molecule has 192 valence electrons. The molecular weight excluding hydrogens is 486 g/mol. The van der Waals surface area contributed by atoms with Gasteiger partial charge in [0.25, 0.3) is 5.91 Å². The number of rotatable bonds is 9. The quantitative estimate of drug-likeness (QED) is 0.269. The Hall–Kier alpha value is -3.98. The van der Waals surface area contributed by atoms with Gasteiger partial charge in [0.1, 0.15) is 12.1 Å². The summed E-state index contributed by atoms with van der Waals surface area (Å²) in [7, 11) is 0. The van der Waals surface area contributed by atoms with Crippen molar-refractivity contribution in [2.75, 3.05) is 0 Å². The van der Waals surface area contributed by atoms with Gasteiger partial charge in [0.2, 0.25) is 5.89 Å². The molecule has 37 heavy (non-hydrogen) atoms. The molecule has 0 atom stereocenters. The molecule has 0 radical (unpaired) electrons. The Morgan fingerprint density at radius 3 is 2.43 bits per heavy atom. The molecule has 0 bridgehead atoms. The number of aryl methyl sites for hydroxylation is 1. The van der Waals surface area contributed by atoms with E-state index < -0.39 is 17.6 Å². The first-order valence-electron chi connectivity index (χ1n) is 11.6. The van der Waals surface area contributed by atoms with Crippen LogP contribution in [-0.2, 0) is 32.4 Å². The minimum Gasteiger partial charge on any atom is -0.447 e. The maximum absolute atomic E-state index is 13.2. The van der Waals surface area contributed by atoms with Gasteiger partial charge in [0.05, 0.1) is 12.1 Å². The van der Waals surface area contributed by atoms with E-state index in [-0.39, 0.29) is 37.0 Å². The Kier molecular flexibility index (Phi) is 8.03. The Bertz CT molecular complexity index is 1350. The van der Waals surface area contributed by atoms with Crippen LogP contribution in [0.4, 0.5) is 17.6 Å². The second kappa shape index (κ2) is 11.4. The summed E-state index contributed by atoms with van der Waals surface area (Å²) < 4.78 is 58.3. The number of aromatic nitrogens is 1. The van der Waals surface area contributed by atoms with Crippen molar-refractivity contribution < 1.29 is 26.8 Å². The van der Waals surface area contributed by atoms with Crippen molar-refractivity contribution in [3.63, 3.8) is 0 Å². The van der Waals surface area contributed by atoms with Crippen LogP contribution in [-0.4, -0.2) is 15.8 Å². The molecule has 1 N–H and O–H groups in total. The molecule has 1 amide bonds. The fourth-order valence-corrected chi connectivity index (χ4v) is 3.85. The van der Waals surface area contributed by atoms with Crippen molar-refractivity contribution in [1.82, 2.24) is 15.2 Å². The van der Waals surface area contributed by atoms with E-state index in [1.807, 2.05) is 36.1 Å². The first kappa shape index (κ1) is 26.1. The molecular formula is C28H25F4N3O2. The summed E-state index contributed by atoms with van der Waals surface area (Å²) in [5.41, 5.74) is 2.64. The third-order valence-corrected chi connectivity index (χ3v) is 5.83. The van der Waals surface area contributed by atoms with E-state index in [1.54, 1.807) is 18.2 Å². The molecule has 4 aromatic rings. The van der Waals surface area contributed by atoms with Crippen LogP contribution in [0, 0.1) is 12.7 Å². The summed E-state index contributed by atoms with van der Waals surface area (Å²) in [5, 5.41) is 2.70. The van der Waals surface area contributed by atoms with Gasteiger partial charge in [-0.1, -0.05) is 54.6 Å². The van der Waals surface area contributed by atoms with E-state index in [0.717, 1.165) is 28.8 Å². The smallest absolute Gasteiger partial charge is 0.416 e. The maximum Gasteiger partial charge on any atom is 0.416 e. The van der Waals surface area contributed by atoms with Crippen LogP contribution in [0.25, 0.3) is 0 Å². The zero-order valence-electron chi connectivity index (χ0n) is 20.1. The molecule has 0 fully saturated rings. The predicted molar refractivity (Wildman–Crippen MR) is 130 cm³/mol. The molecule has 0 aliphatic heterocycles. The van der Waals surface area contributed by atoms with Crippen LogP contribution in [0.15, 0.2) is 83.5 Å². The summed E-state index contributed by atoms with van der Waals surface area (Å²) in [4.78, 5) is 18.7. The number of nitrogens with one attached hydrogen (secondary N) is 1. The lowest BCUT2D eigenvalue weighted by molar-refractivity contribution is -0.137. The van der Waals surface area contributed by atoms with Crippen molar-refractivity contribution in [3.05, 3.63) is 124 Å². The van der Waals surface area contributed by atoms with Gasteiger partial charge in [-0.2, -0.15) is 13.2 Å². The Morgan fingerprint density at radius 2 is 1.70 bits per heavy atom. The minimum absolute atomic E-state index is 0.0759. The highest BCUT2D eigenvalue weighted by Crippen LogP contribution is 2.30. The van der Waals surface area contributed by atoms with Crippen LogP contribution in [0.1, 0.15) is 44.2 Å². The van der Waals surface area contributed by atoms with E-state index in [1.165, 1.54) is 24.5 Å². The van der Waals surface area contributed by atoms with Gasteiger partial charge in [0.15, 0.2) is 5.69 Å². The number of alkyl halides is 3. The second-order valence-electron chi connectivity index (χ2n) is 8.71. The van der Waals surface area contributed by atoms with Gasteiger partial charge in [-0.25, -0.2) is 9.37 Å². The molecule has 0 saturated heterocycles. The van der Waals surface area contributed by atoms with Crippen LogP contribution in [0.3, 0.4) is 0 Å². The molecule has 0 spiro atoms. The van der Waals surface area contributed by atoms with Crippen molar-refractivity contribution >= 4 is 5.91 Å². The zero-order chi connectivity index (χ0) is 26.4. The molecule has 0 saturated carbocycles. The molecule has 4 rings (SSSR count). The highest BCUT2D eigenvalue weighted by atomic mass is 19.4. The first-order chi connectivity index (χ1) is 17.7. The summed E-state index contributed by atoms with van der Waals surface area (Å²) in [6, 6.07) is 18.7. The van der Waals surface area contributed by atoms with Crippen molar-refractivity contribution in [3.8, 4) is 0 Å². The van der Waals surface area contributed by atoms with Gasteiger partial charge in [-0.3, -0.25) is 9.69 Å². The number of carbonyl (C=O) groups excluding carboxylic acids is 1. The number of carbonyl (C=O) groups is 1. The number of benzene rings is 3. The fourth-order valence-electron chi connectivity index (χ4n) is 3.85. The zero-order valence-corrected chi connectivity index (χ0v) is 20.1. The van der Waals surface area contributed by atoms with Crippen LogP contribution in [0.5, 0.6) is 0 Å². The Labute approximate surface area is 211 Å². The summed E-state index contributed by atoms with van der Waals surface area (Å²) >= 11 is 0. The van der Waals surface area contributed by atoms with Gasteiger partial charge in [-0.15, -0.1) is 0 Å². The van der Waals surface area contributed by atoms with E-state index >= 15 is 0 Å². The number of oxazole rings is 1. The highest BCUT2D eigenvalue weighted by molar-refractivity contribution is 5.91. The number of hydrogen-bond donors (Lipinski definition) is 1. The molecule has 3 aromatic carbocycles. The number of halogens is 4. The SMILES string of the molecule is Cc1ccccc1CN(Cc1cccc(C(F)(F)F)c1)Cc1nc(C(=O)NCc2ccc(F)cc2)co1. The predicted octanol–water partition coefficient (Wildman–Crippen LogP) is 6.27. The van der Waals surface area contributed by atoms with E-state index in [0.29, 0.717) is 12.1 Å². The lowest BCUT2D eigenvalue weighted by Crippen LogP contribution is -2.24. The molecule has 1 aromatic heterocycles. The van der Waals surface area contributed by atoms with Gasteiger partial charge < -0.3 is 9.73 Å². The van der Waals surface area contributed by atoms with Crippen LogP contribution < -0.4 is 5.32 Å². The standard InChI is InChI=1S/C28H25F4N3O2/c1-19-5-2-3-7-22(19)16-35(15-21-6-4-8-23(13-21)28(30,31)32)17-26-34-25(18-37-26)27(36)33-14-20-9-11-24(29)12-10-20/h2-13,18H,14-17H2,1H3,(H,33,36). The summed E-state index contributed by atoms with van der Waals surface area (Å²) in [6.45, 7) is 2.99. The van der Waals surface area contributed by atoms with Gasteiger partial charge in [0, 0.05) is 19.6 Å². The number of nitrogens with zero attached hydrogens (tertiary/aromatic N) is 2. The molecule has 0 unspecified atom stereocenters.